The molecule has 0 saturated heterocycles. The molecular weight excluding hydrogens is 416 g/mol. The molecule has 1 unspecified atom stereocenters. The Morgan fingerprint density at radius 3 is 2.53 bits per heavy atom. The Labute approximate surface area is 195 Å². The van der Waals surface area contributed by atoms with Crippen LogP contribution in [0.4, 0.5) is 0 Å². The normalized spacial score (nSPS) is 15.1. The van der Waals surface area contributed by atoms with Crippen molar-refractivity contribution in [2.75, 3.05) is 0 Å². The molecule has 1 atom stereocenters. The third kappa shape index (κ3) is 5.80. The summed E-state index contributed by atoms with van der Waals surface area (Å²) in [4.78, 5) is 12.6. The van der Waals surface area contributed by atoms with Crippen LogP contribution in [0.15, 0.2) is 59.8 Å². The van der Waals surface area contributed by atoms with Crippen LogP contribution in [0.5, 0.6) is 0 Å². The van der Waals surface area contributed by atoms with Gasteiger partial charge in [0.15, 0.2) is 11.0 Å². The van der Waals surface area contributed by atoms with E-state index in [0.29, 0.717) is 12.3 Å². The number of thioether (sulfide) groups is 1. The summed E-state index contributed by atoms with van der Waals surface area (Å²) in [6, 6.07) is 18.5. The lowest BCUT2D eigenvalue weighted by Crippen LogP contribution is -2.28. The summed E-state index contributed by atoms with van der Waals surface area (Å²) in [5.41, 5.74) is 3.46. The molecule has 1 aliphatic carbocycles. The van der Waals surface area contributed by atoms with Gasteiger partial charge < -0.3 is 5.32 Å². The summed E-state index contributed by atoms with van der Waals surface area (Å²) < 4.78 is 2.08. The summed E-state index contributed by atoms with van der Waals surface area (Å²) in [7, 11) is 0. The summed E-state index contributed by atoms with van der Waals surface area (Å²) >= 11 is 1.66. The largest absolute Gasteiger partial charge is 0.346 e. The zero-order chi connectivity index (χ0) is 22.3. The highest BCUT2D eigenvalue weighted by Crippen LogP contribution is 2.29. The first-order chi connectivity index (χ1) is 15.6. The van der Waals surface area contributed by atoms with Gasteiger partial charge in [0.05, 0.1) is 6.04 Å². The highest BCUT2D eigenvalue weighted by Gasteiger charge is 2.22. The van der Waals surface area contributed by atoms with Gasteiger partial charge in [0.25, 0.3) is 0 Å². The van der Waals surface area contributed by atoms with Gasteiger partial charge in [-0.05, 0) is 43.9 Å². The molecule has 1 aromatic heterocycles. The SMILES string of the molecule is Cc1ccc(-n2c(SCc3ccccc3)nnc2C(C)NC(=O)CCC2CCCC2)cc1. The first-order valence-corrected chi connectivity index (χ1v) is 12.6. The van der Waals surface area contributed by atoms with Gasteiger partial charge in [-0.2, -0.15) is 0 Å². The number of nitrogens with one attached hydrogen (secondary N) is 1. The average molecular weight is 449 g/mol. The van der Waals surface area contributed by atoms with Crippen LogP contribution in [0, 0.1) is 12.8 Å². The summed E-state index contributed by atoms with van der Waals surface area (Å²) in [5.74, 6) is 2.39. The number of hydrogen-bond acceptors (Lipinski definition) is 4. The summed E-state index contributed by atoms with van der Waals surface area (Å²) in [6.07, 6.45) is 6.74. The van der Waals surface area contributed by atoms with E-state index in [1.807, 2.05) is 13.0 Å². The number of rotatable bonds is 9. The van der Waals surface area contributed by atoms with Crippen LogP contribution in [-0.2, 0) is 10.5 Å². The molecule has 0 radical (unpaired) electrons. The minimum atomic E-state index is -0.217. The number of carbonyl (C=O) groups excluding carboxylic acids is 1. The fraction of sp³-hybridized carbons (Fsp3) is 0.423. The molecule has 2 aromatic carbocycles. The van der Waals surface area contributed by atoms with Crippen molar-refractivity contribution in [1.29, 1.82) is 0 Å². The van der Waals surface area contributed by atoms with Crippen molar-refractivity contribution in [3.8, 4) is 5.69 Å². The molecule has 168 valence electrons. The van der Waals surface area contributed by atoms with Crippen molar-refractivity contribution in [2.45, 2.75) is 69.3 Å². The molecule has 32 heavy (non-hydrogen) atoms. The number of amides is 1. The third-order valence-corrected chi connectivity index (χ3v) is 7.18. The van der Waals surface area contributed by atoms with Crippen LogP contribution in [-0.4, -0.2) is 20.7 Å². The molecule has 5 nitrogen and oxygen atoms in total. The maximum Gasteiger partial charge on any atom is 0.220 e. The molecule has 1 amide bonds. The number of hydrogen-bond donors (Lipinski definition) is 1. The predicted octanol–water partition coefficient (Wildman–Crippen LogP) is 6.02. The van der Waals surface area contributed by atoms with E-state index in [0.717, 1.165) is 28.8 Å². The lowest BCUT2D eigenvalue weighted by atomic mass is 10.0. The quantitative estimate of drug-likeness (QED) is 0.407. The van der Waals surface area contributed by atoms with Gasteiger partial charge >= 0.3 is 0 Å². The van der Waals surface area contributed by atoms with Crippen molar-refractivity contribution in [3.63, 3.8) is 0 Å². The van der Waals surface area contributed by atoms with Crippen molar-refractivity contribution >= 4 is 17.7 Å². The maximum atomic E-state index is 12.6. The smallest absolute Gasteiger partial charge is 0.220 e. The third-order valence-electron chi connectivity index (χ3n) is 6.18. The Kier molecular flexibility index (Phi) is 7.63. The standard InChI is InChI=1S/C26H32N4OS/c1-19-12-15-23(16-13-19)30-25(20(2)27-24(31)17-14-21-8-6-7-9-21)28-29-26(30)32-18-22-10-4-3-5-11-22/h3-5,10-13,15-16,20-21H,6-9,14,17-18H2,1-2H3,(H,27,31). The van der Waals surface area contributed by atoms with Gasteiger partial charge in [0, 0.05) is 17.9 Å². The fourth-order valence-corrected chi connectivity index (χ4v) is 5.24. The fourth-order valence-electron chi connectivity index (χ4n) is 4.33. The molecule has 6 heteroatoms. The Morgan fingerprint density at radius 2 is 1.81 bits per heavy atom. The van der Waals surface area contributed by atoms with E-state index in [4.69, 9.17) is 0 Å². The van der Waals surface area contributed by atoms with Gasteiger partial charge in [0.2, 0.25) is 5.91 Å². The van der Waals surface area contributed by atoms with Gasteiger partial charge in [-0.1, -0.05) is 85.5 Å². The molecule has 1 heterocycles. The zero-order valence-corrected chi connectivity index (χ0v) is 19.8. The molecule has 1 saturated carbocycles. The second-order valence-electron chi connectivity index (χ2n) is 8.76. The lowest BCUT2D eigenvalue weighted by molar-refractivity contribution is -0.122. The monoisotopic (exact) mass is 448 g/mol. The zero-order valence-electron chi connectivity index (χ0n) is 19.0. The lowest BCUT2D eigenvalue weighted by Gasteiger charge is -2.17. The second kappa shape index (κ2) is 10.8. The Hall–Kier alpha value is -2.60. The maximum absolute atomic E-state index is 12.6. The van der Waals surface area contributed by atoms with Crippen molar-refractivity contribution in [1.82, 2.24) is 20.1 Å². The van der Waals surface area contributed by atoms with Gasteiger partial charge in [-0.3, -0.25) is 9.36 Å². The van der Waals surface area contributed by atoms with E-state index in [2.05, 4.69) is 75.5 Å². The molecule has 0 spiro atoms. The predicted molar refractivity (Wildman–Crippen MR) is 130 cm³/mol. The topological polar surface area (TPSA) is 59.8 Å². The van der Waals surface area contributed by atoms with Gasteiger partial charge in [0.1, 0.15) is 0 Å². The minimum absolute atomic E-state index is 0.0985. The molecule has 0 aliphatic heterocycles. The van der Waals surface area contributed by atoms with E-state index >= 15 is 0 Å². The molecule has 1 fully saturated rings. The highest BCUT2D eigenvalue weighted by molar-refractivity contribution is 7.98. The molecule has 0 bridgehead atoms. The number of aromatic nitrogens is 3. The first-order valence-electron chi connectivity index (χ1n) is 11.6. The van der Waals surface area contributed by atoms with E-state index in [9.17, 15) is 4.79 Å². The van der Waals surface area contributed by atoms with Crippen LogP contribution in [0.25, 0.3) is 5.69 Å². The first kappa shape index (κ1) is 22.6. The average Bonchev–Trinajstić information content (AvgIpc) is 3.48. The van der Waals surface area contributed by atoms with Crippen molar-refractivity contribution in [3.05, 3.63) is 71.5 Å². The van der Waals surface area contributed by atoms with Crippen molar-refractivity contribution < 1.29 is 4.79 Å². The number of aryl methyl sites for hydroxylation is 1. The van der Waals surface area contributed by atoms with E-state index in [-0.39, 0.29) is 11.9 Å². The minimum Gasteiger partial charge on any atom is -0.346 e. The van der Waals surface area contributed by atoms with Crippen LogP contribution in [0.3, 0.4) is 0 Å². The highest BCUT2D eigenvalue weighted by atomic mass is 32.2. The second-order valence-corrected chi connectivity index (χ2v) is 9.71. The number of carbonyl (C=O) groups is 1. The Balaban J connectivity index is 1.50. The van der Waals surface area contributed by atoms with E-state index in [1.54, 1.807) is 11.8 Å². The van der Waals surface area contributed by atoms with Gasteiger partial charge in [-0.15, -0.1) is 10.2 Å². The van der Waals surface area contributed by atoms with Crippen LogP contribution in [0.2, 0.25) is 0 Å². The Bertz CT molecular complexity index is 1010. The van der Waals surface area contributed by atoms with Crippen molar-refractivity contribution in [2.24, 2.45) is 5.92 Å². The van der Waals surface area contributed by atoms with Crippen LogP contribution in [0.1, 0.15) is 68.4 Å². The van der Waals surface area contributed by atoms with E-state index < -0.39 is 0 Å². The molecule has 3 aromatic rings. The summed E-state index contributed by atoms with van der Waals surface area (Å²) in [5, 5.41) is 13.0. The molecule has 4 rings (SSSR count). The van der Waals surface area contributed by atoms with E-state index in [1.165, 1.54) is 36.8 Å². The molecule has 1 N–H and O–H groups in total. The Morgan fingerprint density at radius 1 is 1.09 bits per heavy atom. The van der Waals surface area contributed by atoms with Gasteiger partial charge in [-0.25, -0.2) is 0 Å². The van der Waals surface area contributed by atoms with Crippen LogP contribution < -0.4 is 5.32 Å². The number of nitrogens with zero attached hydrogens (tertiary/aromatic N) is 3. The summed E-state index contributed by atoms with van der Waals surface area (Å²) in [6.45, 7) is 4.07. The van der Waals surface area contributed by atoms with Crippen LogP contribution >= 0.6 is 11.8 Å². The number of benzene rings is 2. The molecule has 1 aliphatic rings. The molecular formula is C26H32N4OS.